The van der Waals surface area contributed by atoms with Gasteiger partial charge in [0, 0.05) is 16.1 Å². The molecule has 1 aliphatic rings. The van der Waals surface area contributed by atoms with E-state index in [1.807, 2.05) is 25.2 Å². The van der Waals surface area contributed by atoms with Gasteiger partial charge in [0.05, 0.1) is 0 Å². The first-order valence-electron chi connectivity index (χ1n) is 6.33. The summed E-state index contributed by atoms with van der Waals surface area (Å²) in [6.07, 6.45) is 6.68. The average molecular weight is 272 g/mol. The Morgan fingerprint density at radius 2 is 2.00 bits per heavy atom. The molecular weight excluding hydrogens is 253 g/mol. The molecule has 0 spiro atoms. The molecule has 1 aliphatic carbocycles. The zero-order chi connectivity index (χ0) is 12.3. The maximum atomic E-state index is 6.26. The second-order valence-corrected chi connectivity index (χ2v) is 5.74. The van der Waals surface area contributed by atoms with Crippen molar-refractivity contribution >= 4 is 23.2 Å². The van der Waals surface area contributed by atoms with Crippen LogP contribution in [0.4, 0.5) is 0 Å². The molecule has 1 N–H and O–H groups in total. The predicted octanol–water partition coefficient (Wildman–Crippen LogP) is 4.83. The van der Waals surface area contributed by atoms with Crippen molar-refractivity contribution < 1.29 is 0 Å². The Morgan fingerprint density at radius 3 is 2.59 bits per heavy atom. The van der Waals surface area contributed by atoms with Gasteiger partial charge in [-0.05, 0) is 37.1 Å². The fourth-order valence-corrected chi connectivity index (χ4v) is 3.30. The van der Waals surface area contributed by atoms with Crippen LogP contribution in [-0.2, 0) is 0 Å². The number of halogens is 2. The summed E-state index contributed by atoms with van der Waals surface area (Å²) in [5.74, 6) is 0.846. The van der Waals surface area contributed by atoms with Crippen molar-refractivity contribution in [2.75, 3.05) is 7.05 Å². The van der Waals surface area contributed by atoms with Crippen molar-refractivity contribution in [3.63, 3.8) is 0 Å². The maximum Gasteiger partial charge on any atom is 0.0468 e. The molecule has 1 aromatic carbocycles. The SMILES string of the molecule is CNC(CC1CCCC1)c1ccc(Cl)cc1Cl. The predicted molar refractivity (Wildman–Crippen MR) is 74.8 cm³/mol. The van der Waals surface area contributed by atoms with Gasteiger partial charge in [-0.3, -0.25) is 0 Å². The highest BCUT2D eigenvalue weighted by Gasteiger charge is 2.21. The van der Waals surface area contributed by atoms with Crippen molar-refractivity contribution in [3.05, 3.63) is 33.8 Å². The number of nitrogens with one attached hydrogen (secondary N) is 1. The molecule has 0 aliphatic heterocycles. The van der Waals surface area contributed by atoms with E-state index in [-0.39, 0.29) is 0 Å². The fraction of sp³-hybridized carbons (Fsp3) is 0.571. The standard InChI is InChI=1S/C14H19Cl2N/c1-17-14(8-10-4-2-3-5-10)12-7-6-11(15)9-13(12)16/h6-7,9-10,14,17H,2-5,8H2,1H3. The molecule has 1 saturated carbocycles. The summed E-state index contributed by atoms with van der Waals surface area (Å²) in [5.41, 5.74) is 1.17. The minimum Gasteiger partial charge on any atom is -0.313 e. The molecule has 1 atom stereocenters. The molecule has 1 aromatic rings. The number of hydrogen-bond donors (Lipinski definition) is 1. The highest BCUT2D eigenvalue weighted by atomic mass is 35.5. The second kappa shape index (κ2) is 6.08. The van der Waals surface area contributed by atoms with Crippen LogP contribution in [0.3, 0.4) is 0 Å². The van der Waals surface area contributed by atoms with E-state index in [2.05, 4.69) is 5.32 Å². The molecule has 94 valence electrons. The summed E-state index contributed by atoms with van der Waals surface area (Å²) in [7, 11) is 2.00. The van der Waals surface area contributed by atoms with Crippen LogP contribution in [0, 0.1) is 5.92 Å². The van der Waals surface area contributed by atoms with E-state index >= 15 is 0 Å². The molecule has 1 unspecified atom stereocenters. The molecule has 0 aromatic heterocycles. The normalized spacial score (nSPS) is 18.5. The highest BCUT2D eigenvalue weighted by molar-refractivity contribution is 6.35. The van der Waals surface area contributed by atoms with Gasteiger partial charge in [0.25, 0.3) is 0 Å². The summed E-state index contributed by atoms with van der Waals surface area (Å²) < 4.78 is 0. The number of benzene rings is 1. The van der Waals surface area contributed by atoms with E-state index in [0.717, 1.165) is 10.9 Å². The number of rotatable bonds is 4. The van der Waals surface area contributed by atoms with E-state index in [0.29, 0.717) is 11.1 Å². The third-order valence-electron chi connectivity index (χ3n) is 3.73. The second-order valence-electron chi connectivity index (χ2n) is 4.89. The van der Waals surface area contributed by atoms with Gasteiger partial charge in [-0.15, -0.1) is 0 Å². The van der Waals surface area contributed by atoms with Crippen LogP contribution in [-0.4, -0.2) is 7.05 Å². The summed E-state index contributed by atoms with van der Waals surface area (Å²) in [4.78, 5) is 0. The Bertz CT molecular complexity index is 372. The van der Waals surface area contributed by atoms with Crippen LogP contribution in [0.1, 0.15) is 43.7 Å². The van der Waals surface area contributed by atoms with Gasteiger partial charge < -0.3 is 5.32 Å². The third kappa shape index (κ3) is 3.37. The molecule has 17 heavy (non-hydrogen) atoms. The minimum atomic E-state index is 0.350. The summed E-state index contributed by atoms with van der Waals surface area (Å²) in [6, 6.07) is 6.14. The van der Waals surface area contributed by atoms with Gasteiger partial charge >= 0.3 is 0 Å². The molecule has 0 bridgehead atoms. The van der Waals surface area contributed by atoms with E-state index in [1.54, 1.807) is 0 Å². The summed E-state index contributed by atoms with van der Waals surface area (Å²) in [6.45, 7) is 0. The average Bonchev–Trinajstić information content (AvgIpc) is 2.79. The van der Waals surface area contributed by atoms with Crippen LogP contribution in [0.25, 0.3) is 0 Å². The van der Waals surface area contributed by atoms with Crippen LogP contribution >= 0.6 is 23.2 Å². The summed E-state index contributed by atoms with van der Waals surface area (Å²) >= 11 is 12.2. The van der Waals surface area contributed by atoms with E-state index in [1.165, 1.54) is 37.7 Å². The minimum absolute atomic E-state index is 0.350. The Labute approximate surface area is 114 Å². The Morgan fingerprint density at radius 1 is 1.29 bits per heavy atom. The lowest BCUT2D eigenvalue weighted by atomic mass is 9.93. The monoisotopic (exact) mass is 271 g/mol. The van der Waals surface area contributed by atoms with E-state index in [4.69, 9.17) is 23.2 Å². The van der Waals surface area contributed by atoms with Crippen LogP contribution in [0.2, 0.25) is 10.0 Å². The molecular formula is C14H19Cl2N. The Kier molecular flexibility index (Phi) is 4.72. The maximum absolute atomic E-state index is 6.26. The Balaban J connectivity index is 2.10. The van der Waals surface area contributed by atoms with E-state index in [9.17, 15) is 0 Å². The topological polar surface area (TPSA) is 12.0 Å². The van der Waals surface area contributed by atoms with Crippen molar-refractivity contribution in [2.24, 2.45) is 5.92 Å². The third-order valence-corrected chi connectivity index (χ3v) is 4.29. The van der Waals surface area contributed by atoms with Gasteiger partial charge in [-0.2, -0.15) is 0 Å². The molecule has 1 nitrogen and oxygen atoms in total. The van der Waals surface area contributed by atoms with Crippen LogP contribution < -0.4 is 5.32 Å². The zero-order valence-corrected chi connectivity index (χ0v) is 11.7. The van der Waals surface area contributed by atoms with Crippen molar-refractivity contribution in [3.8, 4) is 0 Å². The molecule has 3 heteroatoms. The van der Waals surface area contributed by atoms with Crippen molar-refractivity contribution in [2.45, 2.75) is 38.1 Å². The number of hydrogen-bond acceptors (Lipinski definition) is 1. The molecule has 1 fully saturated rings. The smallest absolute Gasteiger partial charge is 0.0468 e. The van der Waals surface area contributed by atoms with Crippen LogP contribution in [0.15, 0.2) is 18.2 Å². The van der Waals surface area contributed by atoms with Gasteiger partial charge in [0.1, 0.15) is 0 Å². The summed E-state index contributed by atoms with van der Waals surface area (Å²) in [5, 5.41) is 4.85. The lowest BCUT2D eigenvalue weighted by molar-refractivity contribution is 0.413. The molecule has 0 radical (unpaired) electrons. The molecule has 0 amide bonds. The largest absolute Gasteiger partial charge is 0.313 e. The van der Waals surface area contributed by atoms with Gasteiger partial charge in [-0.25, -0.2) is 0 Å². The lowest BCUT2D eigenvalue weighted by Gasteiger charge is -2.21. The quantitative estimate of drug-likeness (QED) is 0.827. The lowest BCUT2D eigenvalue weighted by Crippen LogP contribution is -2.19. The molecule has 2 rings (SSSR count). The van der Waals surface area contributed by atoms with Gasteiger partial charge in [0.2, 0.25) is 0 Å². The Hall–Kier alpha value is -0.240. The first kappa shape index (κ1) is 13.2. The molecule has 0 heterocycles. The zero-order valence-electron chi connectivity index (χ0n) is 10.2. The first-order valence-corrected chi connectivity index (χ1v) is 7.08. The fourth-order valence-electron chi connectivity index (χ4n) is 2.76. The highest BCUT2D eigenvalue weighted by Crippen LogP contribution is 2.35. The van der Waals surface area contributed by atoms with Crippen molar-refractivity contribution in [1.82, 2.24) is 5.32 Å². The van der Waals surface area contributed by atoms with Crippen molar-refractivity contribution in [1.29, 1.82) is 0 Å². The van der Waals surface area contributed by atoms with E-state index < -0.39 is 0 Å². The van der Waals surface area contributed by atoms with Gasteiger partial charge in [-0.1, -0.05) is 55.0 Å². The first-order chi connectivity index (χ1) is 8.20. The van der Waals surface area contributed by atoms with Gasteiger partial charge in [0.15, 0.2) is 0 Å². The molecule has 0 saturated heterocycles. The van der Waals surface area contributed by atoms with Crippen LogP contribution in [0.5, 0.6) is 0 Å².